The molecule has 1 aliphatic rings. The second-order valence-corrected chi connectivity index (χ2v) is 6.31. The van der Waals surface area contributed by atoms with Crippen LogP contribution in [0.3, 0.4) is 0 Å². The summed E-state index contributed by atoms with van der Waals surface area (Å²) in [5, 5.41) is 0. The fraction of sp³-hybridized carbons (Fsp3) is 0.412. The third-order valence-corrected chi connectivity index (χ3v) is 4.37. The summed E-state index contributed by atoms with van der Waals surface area (Å²) < 4.78 is 2.01. The maximum absolute atomic E-state index is 4.70. The molecule has 0 spiro atoms. The smallest absolute Gasteiger partial charge is 0.180 e. The molecule has 0 bridgehead atoms. The van der Waals surface area contributed by atoms with E-state index >= 15 is 0 Å². The Kier molecular flexibility index (Phi) is 3.76. The molecule has 1 saturated heterocycles. The monoisotopic (exact) mass is 323 g/mol. The number of fused-ring (bicyclic) bond motifs is 1. The molecule has 7 heteroatoms. The van der Waals surface area contributed by atoms with Crippen LogP contribution in [0.1, 0.15) is 25.6 Å². The molecule has 4 rings (SSSR count). The second-order valence-electron chi connectivity index (χ2n) is 6.31. The first kappa shape index (κ1) is 14.9. The van der Waals surface area contributed by atoms with E-state index in [4.69, 9.17) is 4.98 Å². The van der Waals surface area contributed by atoms with Gasteiger partial charge in [0.25, 0.3) is 0 Å². The molecule has 0 N–H and O–H groups in total. The van der Waals surface area contributed by atoms with E-state index in [0.29, 0.717) is 5.92 Å². The van der Waals surface area contributed by atoms with Crippen molar-refractivity contribution in [1.82, 2.24) is 24.3 Å². The Morgan fingerprint density at radius 1 is 0.875 bits per heavy atom. The summed E-state index contributed by atoms with van der Waals surface area (Å²) in [6.45, 7) is 7.87. The first-order valence-electron chi connectivity index (χ1n) is 8.33. The maximum atomic E-state index is 4.70. The van der Waals surface area contributed by atoms with Crippen LogP contribution in [0.5, 0.6) is 0 Å². The van der Waals surface area contributed by atoms with Crippen LogP contribution < -0.4 is 9.80 Å². The molecule has 0 saturated carbocycles. The van der Waals surface area contributed by atoms with Crippen molar-refractivity contribution in [3.63, 3.8) is 0 Å². The number of hydrogen-bond acceptors (Lipinski definition) is 6. The molecule has 1 aliphatic heterocycles. The Labute approximate surface area is 141 Å². The zero-order chi connectivity index (χ0) is 16.5. The predicted octanol–water partition coefficient (Wildman–Crippen LogP) is 1.97. The Morgan fingerprint density at radius 2 is 1.58 bits per heavy atom. The molecule has 7 nitrogen and oxygen atoms in total. The van der Waals surface area contributed by atoms with Gasteiger partial charge in [-0.25, -0.2) is 19.9 Å². The lowest BCUT2D eigenvalue weighted by Gasteiger charge is -2.36. The highest BCUT2D eigenvalue weighted by Gasteiger charge is 2.21. The average molecular weight is 323 g/mol. The average Bonchev–Trinajstić information content (AvgIpc) is 3.11. The second kappa shape index (κ2) is 6.07. The maximum Gasteiger partial charge on any atom is 0.180 e. The van der Waals surface area contributed by atoms with Crippen LogP contribution >= 0.6 is 0 Å². The topological polar surface area (TPSA) is 62.5 Å². The highest BCUT2D eigenvalue weighted by Crippen LogP contribution is 2.21. The molecule has 0 radical (unpaired) electrons. The van der Waals surface area contributed by atoms with Gasteiger partial charge in [0.1, 0.15) is 11.6 Å². The molecule has 124 valence electrons. The Morgan fingerprint density at radius 3 is 2.33 bits per heavy atom. The largest absolute Gasteiger partial charge is 0.353 e. The summed E-state index contributed by atoms with van der Waals surface area (Å²) in [4.78, 5) is 22.6. The summed E-state index contributed by atoms with van der Waals surface area (Å²) in [6.07, 6.45) is 9.37. The minimum absolute atomic E-state index is 0.341. The molecule has 0 aliphatic carbocycles. The number of rotatable bonds is 3. The first-order chi connectivity index (χ1) is 11.7. The molecule has 1 fully saturated rings. The molecule has 24 heavy (non-hydrogen) atoms. The lowest BCUT2D eigenvalue weighted by Crippen LogP contribution is -2.47. The van der Waals surface area contributed by atoms with Crippen molar-refractivity contribution in [2.45, 2.75) is 19.8 Å². The van der Waals surface area contributed by atoms with Gasteiger partial charge in [-0.1, -0.05) is 13.8 Å². The van der Waals surface area contributed by atoms with Gasteiger partial charge in [-0.2, -0.15) is 0 Å². The van der Waals surface area contributed by atoms with Crippen molar-refractivity contribution in [1.29, 1.82) is 0 Å². The van der Waals surface area contributed by atoms with Gasteiger partial charge >= 0.3 is 0 Å². The summed E-state index contributed by atoms with van der Waals surface area (Å²) in [6, 6.07) is 2.00. The SMILES string of the molecule is CC(C)c1nccc(N2CCN(c3nccn4ccnc34)CC2)n1. The van der Waals surface area contributed by atoms with Crippen molar-refractivity contribution >= 4 is 17.3 Å². The zero-order valence-electron chi connectivity index (χ0n) is 14.0. The summed E-state index contributed by atoms with van der Waals surface area (Å²) in [7, 11) is 0. The van der Waals surface area contributed by atoms with Crippen LogP contribution in [-0.4, -0.2) is 50.5 Å². The number of anilines is 2. The van der Waals surface area contributed by atoms with Crippen LogP contribution in [0.15, 0.2) is 37.1 Å². The quantitative estimate of drug-likeness (QED) is 0.734. The van der Waals surface area contributed by atoms with Crippen LogP contribution in [0.25, 0.3) is 5.65 Å². The zero-order valence-corrected chi connectivity index (χ0v) is 14.0. The number of piperazine rings is 1. The minimum atomic E-state index is 0.341. The molecule has 3 aromatic rings. The van der Waals surface area contributed by atoms with E-state index in [-0.39, 0.29) is 0 Å². The first-order valence-corrected chi connectivity index (χ1v) is 8.33. The fourth-order valence-electron chi connectivity index (χ4n) is 3.03. The lowest BCUT2D eigenvalue weighted by atomic mass is 10.2. The molecular formula is C17H21N7. The molecule has 0 atom stereocenters. The van der Waals surface area contributed by atoms with Crippen molar-refractivity contribution < 1.29 is 0 Å². The van der Waals surface area contributed by atoms with E-state index in [1.807, 2.05) is 41.5 Å². The van der Waals surface area contributed by atoms with Gasteiger partial charge in [-0.3, -0.25) is 0 Å². The van der Waals surface area contributed by atoms with Crippen LogP contribution in [-0.2, 0) is 0 Å². The standard InChI is InChI=1S/C17H21N7/c1-13(2)15-18-4-3-14(21-15)22-9-11-24(12-10-22)17-16-19-5-7-23(16)8-6-20-17/h3-8,13H,9-12H2,1-2H3. The predicted molar refractivity (Wildman–Crippen MR) is 93.5 cm³/mol. The van der Waals surface area contributed by atoms with Crippen LogP contribution in [0.2, 0.25) is 0 Å². The molecule has 0 amide bonds. The fourth-order valence-corrected chi connectivity index (χ4v) is 3.03. The van der Waals surface area contributed by atoms with Crippen molar-refractivity contribution in [2.75, 3.05) is 36.0 Å². The third kappa shape index (κ3) is 2.66. The Balaban J connectivity index is 1.51. The third-order valence-electron chi connectivity index (χ3n) is 4.37. The summed E-state index contributed by atoms with van der Waals surface area (Å²) in [5.41, 5.74) is 0.912. The van der Waals surface area contributed by atoms with Gasteiger partial charge in [0, 0.05) is 63.1 Å². The van der Waals surface area contributed by atoms with Gasteiger partial charge in [-0.15, -0.1) is 0 Å². The van der Waals surface area contributed by atoms with Gasteiger partial charge in [-0.05, 0) is 6.07 Å². The molecule has 0 unspecified atom stereocenters. The Hall–Kier alpha value is -2.70. The van der Waals surface area contributed by atoms with E-state index < -0.39 is 0 Å². The van der Waals surface area contributed by atoms with Gasteiger partial charge < -0.3 is 14.2 Å². The van der Waals surface area contributed by atoms with Crippen LogP contribution in [0, 0.1) is 0 Å². The van der Waals surface area contributed by atoms with E-state index in [2.05, 4.69) is 38.6 Å². The Bertz CT molecular complexity index is 834. The van der Waals surface area contributed by atoms with Crippen molar-refractivity contribution in [3.8, 4) is 0 Å². The van der Waals surface area contributed by atoms with E-state index in [1.165, 1.54) is 0 Å². The highest BCUT2D eigenvalue weighted by atomic mass is 15.3. The molecular weight excluding hydrogens is 302 g/mol. The number of nitrogens with zero attached hydrogens (tertiary/aromatic N) is 7. The molecule has 0 aromatic carbocycles. The van der Waals surface area contributed by atoms with Gasteiger partial charge in [0.05, 0.1) is 0 Å². The number of imidazole rings is 1. The minimum Gasteiger partial charge on any atom is -0.353 e. The van der Waals surface area contributed by atoms with E-state index in [9.17, 15) is 0 Å². The van der Waals surface area contributed by atoms with Gasteiger partial charge in [0.2, 0.25) is 0 Å². The molecule has 3 aromatic heterocycles. The van der Waals surface area contributed by atoms with Gasteiger partial charge in [0.15, 0.2) is 11.5 Å². The number of hydrogen-bond donors (Lipinski definition) is 0. The van der Waals surface area contributed by atoms with E-state index in [1.54, 1.807) is 0 Å². The van der Waals surface area contributed by atoms with Crippen molar-refractivity contribution in [2.24, 2.45) is 0 Å². The highest BCUT2D eigenvalue weighted by molar-refractivity contribution is 5.64. The summed E-state index contributed by atoms with van der Waals surface area (Å²) in [5.74, 6) is 3.21. The van der Waals surface area contributed by atoms with E-state index in [0.717, 1.165) is 49.3 Å². The summed E-state index contributed by atoms with van der Waals surface area (Å²) >= 11 is 0. The lowest BCUT2D eigenvalue weighted by molar-refractivity contribution is 0.636. The number of aromatic nitrogens is 5. The normalized spacial score (nSPS) is 15.5. The molecule has 4 heterocycles. The van der Waals surface area contributed by atoms with Crippen LogP contribution in [0.4, 0.5) is 11.6 Å². The van der Waals surface area contributed by atoms with Crippen molar-refractivity contribution in [3.05, 3.63) is 42.9 Å².